The highest BCUT2D eigenvalue weighted by Crippen LogP contribution is 2.35. The van der Waals surface area contributed by atoms with Gasteiger partial charge in [0.2, 0.25) is 0 Å². The van der Waals surface area contributed by atoms with Crippen molar-refractivity contribution in [3.63, 3.8) is 0 Å². The van der Waals surface area contributed by atoms with E-state index in [9.17, 15) is 4.79 Å². The summed E-state index contributed by atoms with van der Waals surface area (Å²) < 4.78 is 8.43. The summed E-state index contributed by atoms with van der Waals surface area (Å²) in [6.45, 7) is 10.8. The Morgan fingerprint density at radius 1 is 1.40 bits per heavy atom. The molecule has 0 spiro atoms. The predicted octanol–water partition coefficient (Wildman–Crippen LogP) is 4.14. The van der Waals surface area contributed by atoms with E-state index in [0.717, 1.165) is 45.7 Å². The van der Waals surface area contributed by atoms with E-state index in [2.05, 4.69) is 33.8 Å². The number of nitrogens with zero attached hydrogens (tertiary/aromatic N) is 3. The molecule has 1 unspecified atom stereocenters. The van der Waals surface area contributed by atoms with Crippen LogP contribution in [-0.2, 0) is 17.8 Å². The molecule has 1 aliphatic heterocycles. The van der Waals surface area contributed by atoms with Gasteiger partial charge in [0.25, 0.3) is 5.56 Å². The minimum Gasteiger partial charge on any atom is -0.370 e. The Hall–Kier alpha value is -1.79. The Balaban J connectivity index is 2.00. The van der Waals surface area contributed by atoms with Gasteiger partial charge in [0.1, 0.15) is 15.4 Å². The van der Waals surface area contributed by atoms with Gasteiger partial charge < -0.3 is 4.74 Å². The van der Waals surface area contributed by atoms with Crippen molar-refractivity contribution in [3.8, 4) is 0 Å². The first kappa shape index (κ1) is 16.7. The Labute approximate surface area is 150 Å². The molecule has 3 aromatic rings. The van der Waals surface area contributed by atoms with Crippen molar-refractivity contribution >= 4 is 31.8 Å². The normalized spacial score (nSPS) is 17.8. The molecule has 0 N–H and O–H groups in total. The van der Waals surface area contributed by atoms with Gasteiger partial charge in [0.15, 0.2) is 0 Å². The first-order valence-electron chi connectivity index (χ1n) is 8.79. The third kappa shape index (κ3) is 2.59. The maximum absolute atomic E-state index is 13.0. The summed E-state index contributed by atoms with van der Waals surface area (Å²) in [6, 6.07) is 2.26. The van der Waals surface area contributed by atoms with Gasteiger partial charge in [0, 0.05) is 23.4 Å². The lowest BCUT2D eigenvalue weighted by Crippen LogP contribution is -2.32. The van der Waals surface area contributed by atoms with Crippen molar-refractivity contribution in [1.82, 2.24) is 14.5 Å². The standard InChI is InChI=1S/C19H23N3O2S/c1-6-10(2)22-11(3)20-15-13-7-12-9-24-19(4,5)8-14(12)21-17(13)25-16(15)18(22)23/h7,10H,6,8-9H2,1-5H3. The molecule has 0 aliphatic carbocycles. The topological polar surface area (TPSA) is 57.0 Å². The summed E-state index contributed by atoms with van der Waals surface area (Å²) in [4.78, 5) is 23.6. The molecule has 0 aromatic carbocycles. The molecule has 5 nitrogen and oxygen atoms in total. The average molecular weight is 357 g/mol. The van der Waals surface area contributed by atoms with Crippen molar-refractivity contribution in [1.29, 1.82) is 0 Å². The van der Waals surface area contributed by atoms with Crippen molar-refractivity contribution in [2.45, 2.75) is 65.7 Å². The monoisotopic (exact) mass is 357 g/mol. The van der Waals surface area contributed by atoms with Gasteiger partial charge in [-0.15, -0.1) is 11.3 Å². The van der Waals surface area contributed by atoms with E-state index in [1.165, 1.54) is 11.3 Å². The molecule has 132 valence electrons. The van der Waals surface area contributed by atoms with Crippen LogP contribution in [0.3, 0.4) is 0 Å². The lowest BCUT2D eigenvalue weighted by molar-refractivity contribution is -0.0411. The number of pyridine rings is 1. The number of fused-ring (bicyclic) bond motifs is 4. The molecule has 25 heavy (non-hydrogen) atoms. The number of ether oxygens (including phenoxy) is 1. The van der Waals surface area contributed by atoms with Gasteiger partial charge in [-0.05, 0) is 40.2 Å². The van der Waals surface area contributed by atoms with E-state index in [1.807, 2.05) is 11.5 Å². The molecule has 0 fully saturated rings. The third-order valence-corrected chi connectivity index (χ3v) is 6.18. The van der Waals surface area contributed by atoms with Crippen LogP contribution in [0.15, 0.2) is 10.9 Å². The van der Waals surface area contributed by atoms with Crippen molar-refractivity contribution < 1.29 is 4.74 Å². The van der Waals surface area contributed by atoms with Crippen LogP contribution in [-0.4, -0.2) is 20.1 Å². The highest BCUT2D eigenvalue weighted by Gasteiger charge is 2.28. The smallest absolute Gasteiger partial charge is 0.271 e. The predicted molar refractivity (Wildman–Crippen MR) is 101 cm³/mol. The zero-order valence-corrected chi connectivity index (χ0v) is 16.2. The number of thiophene rings is 1. The highest BCUT2D eigenvalue weighted by molar-refractivity contribution is 7.25. The minimum atomic E-state index is -0.192. The summed E-state index contributed by atoms with van der Waals surface area (Å²) in [5, 5.41) is 0.971. The minimum absolute atomic E-state index is 0.0504. The Morgan fingerprint density at radius 2 is 2.16 bits per heavy atom. The van der Waals surface area contributed by atoms with E-state index in [-0.39, 0.29) is 17.2 Å². The van der Waals surface area contributed by atoms with E-state index in [4.69, 9.17) is 14.7 Å². The van der Waals surface area contributed by atoms with Crippen LogP contribution >= 0.6 is 11.3 Å². The number of hydrogen-bond acceptors (Lipinski definition) is 5. The lowest BCUT2D eigenvalue weighted by Gasteiger charge is -2.30. The zero-order chi connectivity index (χ0) is 17.9. The van der Waals surface area contributed by atoms with Gasteiger partial charge in [-0.25, -0.2) is 9.97 Å². The number of aryl methyl sites for hydroxylation is 1. The van der Waals surface area contributed by atoms with E-state index in [1.54, 1.807) is 0 Å². The summed E-state index contributed by atoms with van der Waals surface area (Å²) >= 11 is 1.46. The Kier molecular flexibility index (Phi) is 3.74. The van der Waals surface area contributed by atoms with Crippen LogP contribution < -0.4 is 5.56 Å². The average Bonchev–Trinajstić information content (AvgIpc) is 2.89. The summed E-state index contributed by atoms with van der Waals surface area (Å²) in [7, 11) is 0. The summed E-state index contributed by atoms with van der Waals surface area (Å²) in [5.74, 6) is 0.765. The van der Waals surface area contributed by atoms with Crippen LogP contribution in [0.5, 0.6) is 0 Å². The SMILES string of the molecule is CCC(C)n1c(C)nc2c(sc3nc4c(cc32)COC(C)(C)C4)c1=O. The van der Waals surface area contributed by atoms with Crippen LogP contribution in [0.2, 0.25) is 0 Å². The molecular weight excluding hydrogens is 334 g/mol. The molecule has 1 atom stereocenters. The van der Waals surface area contributed by atoms with Crippen LogP contribution in [0, 0.1) is 6.92 Å². The Bertz CT molecular complexity index is 1050. The van der Waals surface area contributed by atoms with E-state index < -0.39 is 0 Å². The summed E-state index contributed by atoms with van der Waals surface area (Å²) in [5.41, 5.74) is 2.82. The van der Waals surface area contributed by atoms with Crippen LogP contribution in [0.4, 0.5) is 0 Å². The second kappa shape index (κ2) is 5.61. The quantitative estimate of drug-likeness (QED) is 0.692. The maximum atomic E-state index is 13.0. The van der Waals surface area contributed by atoms with Gasteiger partial charge in [-0.2, -0.15) is 0 Å². The molecule has 0 saturated carbocycles. The third-order valence-electron chi connectivity index (χ3n) is 5.10. The van der Waals surface area contributed by atoms with Crippen molar-refractivity contribution in [2.24, 2.45) is 0 Å². The van der Waals surface area contributed by atoms with Crippen LogP contribution in [0.25, 0.3) is 20.4 Å². The second-order valence-electron chi connectivity index (χ2n) is 7.54. The maximum Gasteiger partial charge on any atom is 0.271 e. The van der Waals surface area contributed by atoms with E-state index >= 15 is 0 Å². The molecule has 0 bridgehead atoms. The van der Waals surface area contributed by atoms with Gasteiger partial charge in [0.05, 0.1) is 23.4 Å². The summed E-state index contributed by atoms with van der Waals surface area (Å²) in [6.07, 6.45) is 1.69. The van der Waals surface area contributed by atoms with Crippen molar-refractivity contribution in [2.75, 3.05) is 0 Å². The molecule has 1 aliphatic rings. The van der Waals surface area contributed by atoms with Gasteiger partial charge in [-0.1, -0.05) is 6.92 Å². The fraction of sp³-hybridized carbons (Fsp3) is 0.526. The second-order valence-corrected chi connectivity index (χ2v) is 8.54. The molecular formula is C19H23N3O2S. The Morgan fingerprint density at radius 3 is 2.88 bits per heavy atom. The molecule has 4 rings (SSSR count). The number of aromatic nitrogens is 3. The van der Waals surface area contributed by atoms with E-state index in [0.29, 0.717) is 11.3 Å². The fourth-order valence-electron chi connectivity index (χ4n) is 3.52. The molecule has 0 saturated heterocycles. The van der Waals surface area contributed by atoms with Gasteiger partial charge >= 0.3 is 0 Å². The van der Waals surface area contributed by atoms with Crippen LogP contribution in [0.1, 0.15) is 57.2 Å². The van der Waals surface area contributed by atoms with Gasteiger partial charge in [-0.3, -0.25) is 9.36 Å². The largest absolute Gasteiger partial charge is 0.370 e. The number of hydrogen-bond donors (Lipinski definition) is 0. The molecule has 4 heterocycles. The molecule has 6 heteroatoms. The zero-order valence-electron chi connectivity index (χ0n) is 15.3. The molecule has 0 amide bonds. The first-order chi connectivity index (χ1) is 11.8. The van der Waals surface area contributed by atoms with Crippen molar-refractivity contribution in [3.05, 3.63) is 33.5 Å². The number of rotatable bonds is 2. The fourth-order valence-corrected chi connectivity index (χ4v) is 4.58. The lowest BCUT2D eigenvalue weighted by atomic mass is 9.95. The first-order valence-corrected chi connectivity index (χ1v) is 9.60. The molecule has 0 radical (unpaired) electrons. The molecule has 3 aromatic heterocycles. The highest BCUT2D eigenvalue weighted by atomic mass is 32.1.